The highest BCUT2D eigenvalue weighted by Crippen LogP contribution is 2.23. The first-order chi connectivity index (χ1) is 10.2. The number of aryl methyl sites for hydroxylation is 1. The first-order valence-corrected chi connectivity index (χ1v) is 8.06. The Morgan fingerprint density at radius 1 is 1.24 bits per heavy atom. The average Bonchev–Trinajstić information content (AvgIpc) is 2.66. The van der Waals surface area contributed by atoms with Crippen LogP contribution in [-0.4, -0.2) is 43.0 Å². The average molecular weight is 287 g/mol. The minimum atomic E-state index is -0.0267. The molecule has 0 bridgehead atoms. The van der Waals surface area contributed by atoms with Crippen molar-refractivity contribution >= 4 is 11.6 Å². The summed E-state index contributed by atoms with van der Waals surface area (Å²) in [6.45, 7) is 2.06. The van der Waals surface area contributed by atoms with Gasteiger partial charge in [0.05, 0.1) is 6.04 Å². The van der Waals surface area contributed by atoms with Gasteiger partial charge in [0.15, 0.2) is 0 Å². The molecule has 1 saturated heterocycles. The van der Waals surface area contributed by atoms with Crippen molar-refractivity contribution < 1.29 is 4.79 Å². The molecular weight excluding hydrogens is 262 g/mol. The quantitative estimate of drug-likeness (QED) is 0.894. The summed E-state index contributed by atoms with van der Waals surface area (Å²) in [5.74, 6) is 0.137. The number of nitrogens with one attached hydrogen (secondary N) is 2. The fraction of sp³-hybridized carbons (Fsp3) is 0.588. The topological polar surface area (TPSA) is 44.4 Å². The summed E-state index contributed by atoms with van der Waals surface area (Å²) in [5, 5.41) is 6.65. The molecule has 2 N–H and O–H groups in total. The second-order valence-electron chi connectivity index (χ2n) is 6.29. The number of carbonyl (C=O) groups excluding carboxylic acids is 1. The smallest absolute Gasteiger partial charge is 0.241 e. The van der Waals surface area contributed by atoms with Crippen LogP contribution in [0.2, 0.25) is 0 Å². The fourth-order valence-electron chi connectivity index (χ4n) is 3.47. The van der Waals surface area contributed by atoms with Crippen LogP contribution in [-0.2, 0) is 11.2 Å². The van der Waals surface area contributed by atoms with Crippen LogP contribution >= 0.6 is 0 Å². The number of benzene rings is 1. The molecule has 0 aromatic heterocycles. The van der Waals surface area contributed by atoms with Crippen LogP contribution in [0.5, 0.6) is 0 Å². The van der Waals surface area contributed by atoms with E-state index in [1.807, 2.05) is 18.2 Å². The van der Waals surface area contributed by atoms with E-state index in [0.29, 0.717) is 6.04 Å². The van der Waals surface area contributed by atoms with Gasteiger partial charge in [0.2, 0.25) is 5.91 Å². The molecular formula is C17H25N3O. The predicted molar refractivity (Wildman–Crippen MR) is 85.5 cm³/mol. The van der Waals surface area contributed by atoms with Gasteiger partial charge in [0.1, 0.15) is 0 Å². The van der Waals surface area contributed by atoms with Gasteiger partial charge in [-0.15, -0.1) is 0 Å². The van der Waals surface area contributed by atoms with E-state index >= 15 is 0 Å². The van der Waals surface area contributed by atoms with Crippen LogP contribution in [0.4, 0.5) is 5.69 Å². The Kier molecular flexibility index (Phi) is 4.56. The maximum Gasteiger partial charge on any atom is 0.241 e. The third-order valence-corrected chi connectivity index (χ3v) is 4.72. The van der Waals surface area contributed by atoms with E-state index in [9.17, 15) is 4.79 Å². The summed E-state index contributed by atoms with van der Waals surface area (Å²) < 4.78 is 0. The fourth-order valence-corrected chi connectivity index (χ4v) is 3.47. The molecule has 0 aliphatic carbocycles. The van der Waals surface area contributed by atoms with Crippen molar-refractivity contribution in [2.24, 2.45) is 0 Å². The monoisotopic (exact) mass is 287 g/mol. The molecule has 21 heavy (non-hydrogen) atoms. The highest BCUT2D eigenvalue weighted by atomic mass is 16.2. The van der Waals surface area contributed by atoms with Gasteiger partial charge < -0.3 is 10.6 Å². The van der Waals surface area contributed by atoms with E-state index in [1.54, 1.807) is 0 Å². The summed E-state index contributed by atoms with van der Waals surface area (Å²) in [6.07, 6.45) is 5.65. The van der Waals surface area contributed by atoms with E-state index in [2.05, 4.69) is 28.6 Å². The zero-order valence-corrected chi connectivity index (χ0v) is 12.8. The normalized spacial score (nSPS) is 26.1. The zero-order chi connectivity index (χ0) is 14.7. The molecule has 1 aromatic carbocycles. The Morgan fingerprint density at radius 3 is 2.90 bits per heavy atom. The number of rotatable bonds is 3. The van der Waals surface area contributed by atoms with E-state index in [4.69, 9.17) is 0 Å². The van der Waals surface area contributed by atoms with Crippen LogP contribution in [0.25, 0.3) is 0 Å². The number of likely N-dealkylation sites (N-methyl/N-ethyl adjacent to an activating group) is 1. The minimum absolute atomic E-state index is 0.0267. The SMILES string of the molecule is CN(CC1CCCCN1)C1CCc2ccccc2NC1=O. The Hall–Kier alpha value is -1.39. The first-order valence-electron chi connectivity index (χ1n) is 8.06. The lowest BCUT2D eigenvalue weighted by molar-refractivity contribution is -0.121. The van der Waals surface area contributed by atoms with Gasteiger partial charge in [-0.1, -0.05) is 24.6 Å². The molecule has 2 aliphatic rings. The summed E-state index contributed by atoms with van der Waals surface area (Å²) in [7, 11) is 2.08. The number of hydrogen-bond donors (Lipinski definition) is 2. The summed E-state index contributed by atoms with van der Waals surface area (Å²) in [6, 6.07) is 8.64. The van der Waals surface area contributed by atoms with Crippen molar-refractivity contribution in [1.82, 2.24) is 10.2 Å². The summed E-state index contributed by atoms with van der Waals surface area (Å²) >= 11 is 0. The van der Waals surface area contributed by atoms with Crippen molar-refractivity contribution in [2.75, 3.05) is 25.5 Å². The number of piperidine rings is 1. The zero-order valence-electron chi connectivity index (χ0n) is 12.8. The Balaban J connectivity index is 1.64. The van der Waals surface area contributed by atoms with Crippen molar-refractivity contribution in [3.63, 3.8) is 0 Å². The van der Waals surface area contributed by atoms with Crippen molar-refractivity contribution in [3.8, 4) is 0 Å². The van der Waals surface area contributed by atoms with Gasteiger partial charge >= 0.3 is 0 Å². The number of anilines is 1. The lowest BCUT2D eigenvalue weighted by Crippen LogP contribution is -2.49. The predicted octanol–water partition coefficient (Wildman–Crippen LogP) is 2.01. The molecule has 2 atom stereocenters. The molecule has 3 rings (SSSR count). The van der Waals surface area contributed by atoms with Gasteiger partial charge in [0, 0.05) is 18.3 Å². The second kappa shape index (κ2) is 6.58. The number of hydrogen-bond acceptors (Lipinski definition) is 3. The van der Waals surface area contributed by atoms with Crippen LogP contribution < -0.4 is 10.6 Å². The van der Waals surface area contributed by atoms with E-state index in [-0.39, 0.29) is 11.9 Å². The molecule has 4 nitrogen and oxygen atoms in total. The van der Waals surface area contributed by atoms with Crippen LogP contribution in [0, 0.1) is 0 Å². The molecule has 2 unspecified atom stereocenters. The van der Waals surface area contributed by atoms with Gasteiger partial charge in [-0.3, -0.25) is 9.69 Å². The maximum atomic E-state index is 12.5. The molecule has 4 heteroatoms. The third kappa shape index (κ3) is 3.44. The van der Waals surface area contributed by atoms with Crippen LogP contribution in [0.3, 0.4) is 0 Å². The molecule has 114 valence electrons. The third-order valence-electron chi connectivity index (χ3n) is 4.72. The highest BCUT2D eigenvalue weighted by Gasteiger charge is 2.28. The number of fused-ring (bicyclic) bond motifs is 1. The lowest BCUT2D eigenvalue weighted by Gasteiger charge is -2.32. The molecule has 2 aliphatic heterocycles. The van der Waals surface area contributed by atoms with Gasteiger partial charge in [-0.2, -0.15) is 0 Å². The maximum absolute atomic E-state index is 12.5. The van der Waals surface area contributed by atoms with Crippen LogP contribution in [0.1, 0.15) is 31.2 Å². The number of amides is 1. The lowest BCUT2D eigenvalue weighted by atomic mass is 10.0. The molecule has 0 radical (unpaired) electrons. The second-order valence-corrected chi connectivity index (χ2v) is 6.29. The van der Waals surface area contributed by atoms with E-state index < -0.39 is 0 Å². The van der Waals surface area contributed by atoms with Crippen molar-refractivity contribution in [1.29, 1.82) is 0 Å². The van der Waals surface area contributed by atoms with Crippen LogP contribution in [0.15, 0.2) is 24.3 Å². The van der Waals surface area contributed by atoms with E-state index in [1.165, 1.54) is 24.8 Å². The largest absolute Gasteiger partial charge is 0.324 e. The molecule has 0 saturated carbocycles. The Labute approximate surface area is 126 Å². The van der Waals surface area contributed by atoms with Gasteiger partial charge in [-0.25, -0.2) is 0 Å². The molecule has 1 amide bonds. The number of nitrogens with zero attached hydrogens (tertiary/aromatic N) is 1. The number of para-hydroxylation sites is 1. The molecule has 0 spiro atoms. The molecule has 1 aromatic rings. The Morgan fingerprint density at radius 2 is 2.10 bits per heavy atom. The number of carbonyl (C=O) groups is 1. The summed E-state index contributed by atoms with van der Waals surface area (Å²) in [4.78, 5) is 14.7. The Bertz CT molecular complexity index is 497. The minimum Gasteiger partial charge on any atom is -0.324 e. The first kappa shape index (κ1) is 14.5. The molecule has 1 fully saturated rings. The summed E-state index contributed by atoms with van der Waals surface area (Å²) in [5.41, 5.74) is 2.23. The van der Waals surface area contributed by atoms with Gasteiger partial charge in [-0.05, 0) is 50.9 Å². The van der Waals surface area contributed by atoms with E-state index in [0.717, 1.165) is 31.6 Å². The van der Waals surface area contributed by atoms with Gasteiger partial charge in [0.25, 0.3) is 0 Å². The molecule has 2 heterocycles. The van der Waals surface area contributed by atoms with Crippen molar-refractivity contribution in [2.45, 2.75) is 44.2 Å². The van der Waals surface area contributed by atoms with Crippen molar-refractivity contribution in [3.05, 3.63) is 29.8 Å². The standard InChI is InChI=1S/C17H25N3O/c1-20(12-14-7-4-5-11-18-14)16-10-9-13-6-2-3-8-15(13)19-17(16)21/h2-3,6,8,14,16,18H,4-5,7,9-12H2,1H3,(H,19,21). The highest BCUT2D eigenvalue weighted by molar-refractivity contribution is 5.96.